The molecule has 0 bridgehead atoms. The minimum absolute atomic E-state index is 0.559. The van der Waals surface area contributed by atoms with E-state index in [-0.39, 0.29) is 0 Å². The van der Waals surface area contributed by atoms with Crippen molar-refractivity contribution in [3.63, 3.8) is 0 Å². The van der Waals surface area contributed by atoms with Gasteiger partial charge in [0.25, 0.3) is 5.12 Å². The molecule has 0 unspecified atom stereocenters. The third-order valence-electron chi connectivity index (χ3n) is 3.71. The summed E-state index contributed by atoms with van der Waals surface area (Å²) in [5, 5.41) is 2.32. The zero-order valence-electron chi connectivity index (χ0n) is 12.9. The lowest BCUT2D eigenvalue weighted by Gasteiger charge is -2.25. The van der Waals surface area contributed by atoms with Gasteiger partial charge in [0.05, 0.1) is 23.9 Å². The smallest absolute Gasteiger partial charge is 0.252 e. The second-order valence-corrected chi connectivity index (χ2v) is 8.43. The molecule has 0 radical (unpaired) electrons. The molecule has 1 aliphatic rings. The summed E-state index contributed by atoms with van der Waals surface area (Å²) in [4.78, 5) is 4.70. The molecule has 25 heavy (non-hydrogen) atoms. The van der Waals surface area contributed by atoms with Crippen LogP contribution in [0, 0.1) is 0 Å². The van der Waals surface area contributed by atoms with Gasteiger partial charge in [0.2, 0.25) is 0 Å². The van der Waals surface area contributed by atoms with Crippen LogP contribution < -0.4 is 0 Å². The third-order valence-corrected chi connectivity index (χ3v) is 6.43. The highest BCUT2D eigenvalue weighted by molar-refractivity contribution is 8.01. The first-order valence-corrected chi connectivity index (χ1v) is 10.0. The van der Waals surface area contributed by atoms with Crippen molar-refractivity contribution in [2.75, 3.05) is 13.2 Å². The highest BCUT2D eigenvalue weighted by Gasteiger charge is 2.41. The van der Waals surface area contributed by atoms with E-state index in [2.05, 4.69) is 0 Å². The number of nitrogens with zero attached hydrogens (tertiary/aromatic N) is 1. The lowest BCUT2D eigenvalue weighted by Crippen LogP contribution is -2.22. The lowest BCUT2D eigenvalue weighted by molar-refractivity contribution is -0.0815. The molecule has 4 rings (SSSR count). The Morgan fingerprint density at radius 2 is 1.80 bits per heavy atom. The SMILES string of the molecule is Clc1ccc(-c2csc(SC3(c4ccccc4)OCCO3)n2)c(Cl)c1. The first-order valence-electron chi connectivity index (χ1n) is 7.60. The molecule has 2 heterocycles. The number of halogens is 2. The highest BCUT2D eigenvalue weighted by atomic mass is 35.5. The van der Waals surface area contributed by atoms with Crippen LogP contribution in [0.5, 0.6) is 0 Å². The first kappa shape index (κ1) is 17.3. The largest absolute Gasteiger partial charge is 0.335 e. The van der Waals surface area contributed by atoms with Crippen molar-refractivity contribution in [2.24, 2.45) is 0 Å². The van der Waals surface area contributed by atoms with Crippen LogP contribution in [0.1, 0.15) is 5.56 Å². The molecule has 0 saturated carbocycles. The molecule has 0 N–H and O–H groups in total. The van der Waals surface area contributed by atoms with Crippen LogP contribution in [-0.4, -0.2) is 18.2 Å². The molecule has 3 nitrogen and oxygen atoms in total. The van der Waals surface area contributed by atoms with E-state index in [4.69, 9.17) is 37.7 Å². The zero-order valence-corrected chi connectivity index (χ0v) is 16.1. The summed E-state index contributed by atoms with van der Waals surface area (Å²) in [6.45, 7) is 1.12. The third kappa shape index (κ3) is 3.58. The maximum absolute atomic E-state index is 6.29. The number of hydrogen-bond acceptors (Lipinski definition) is 5. The topological polar surface area (TPSA) is 31.4 Å². The van der Waals surface area contributed by atoms with Gasteiger partial charge >= 0.3 is 0 Å². The molecule has 1 aromatic heterocycles. The number of thioether (sulfide) groups is 1. The van der Waals surface area contributed by atoms with Crippen molar-refractivity contribution in [1.82, 2.24) is 4.98 Å². The Morgan fingerprint density at radius 1 is 1.04 bits per heavy atom. The Morgan fingerprint density at radius 3 is 2.52 bits per heavy atom. The van der Waals surface area contributed by atoms with Crippen LogP contribution in [0.2, 0.25) is 10.0 Å². The Bertz CT molecular complexity index is 880. The summed E-state index contributed by atoms with van der Waals surface area (Å²) in [7, 11) is 0. The lowest BCUT2D eigenvalue weighted by atomic mass is 10.2. The van der Waals surface area contributed by atoms with E-state index in [9.17, 15) is 0 Å². The van der Waals surface area contributed by atoms with E-state index in [0.29, 0.717) is 23.3 Å². The van der Waals surface area contributed by atoms with Gasteiger partial charge in [-0.1, -0.05) is 53.5 Å². The minimum atomic E-state index is -0.847. The monoisotopic (exact) mass is 409 g/mol. The minimum Gasteiger partial charge on any atom is -0.335 e. The maximum Gasteiger partial charge on any atom is 0.252 e. The van der Waals surface area contributed by atoms with Crippen molar-refractivity contribution in [2.45, 2.75) is 9.46 Å². The normalized spacial score (nSPS) is 16.2. The number of benzene rings is 2. The van der Waals surface area contributed by atoms with E-state index >= 15 is 0 Å². The second kappa shape index (κ2) is 7.27. The molecule has 1 aliphatic heterocycles. The van der Waals surface area contributed by atoms with Crippen molar-refractivity contribution < 1.29 is 9.47 Å². The van der Waals surface area contributed by atoms with Gasteiger partial charge in [-0.15, -0.1) is 11.3 Å². The molecule has 0 aliphatic carbocycles. The fourth-order valence-corrected chi connectivity index (χ4v) is 5.19. The average Bonchev–Trinajstić information content (AvgIpc) is 3.27. The molecular weight excluding hydrogens is 397 g/mol. The summed E-state index contributed by atoms with van der Waals surface area (Å²) in [5.41, 5.74) is 2.64. The first-order chi connectivity index (χ1) is 12.2. The molecule has 0 atom stereocenters. The van der Waals surface area contributed by atoms with Gasteiger partial charge in [0, 0.05) is 21.5 Å². The summed E-state index contributed by atoms with van der Waals surface area (Å²) in [6.07, 6.45) is 0. The predicted molar refractivity (Wildman–Crippen MR) is 103 cm³/mol. The standard InChI is InChI=1S/C18H13Cl2NO2S2/c19-13-6-7-14(15(20)10-13)16-11-24-17(21-16)25-18(22-8-9-23-18)12-4-2-1-3-5-12/h1-7,10-11H,8-9H2. The highest BCUT2D eigenvalue weighted by Crippen LogP contribution is 2.47. The van der Waals surface area contributed by atoms with Crippen LogP contribution in [0.4, 0.5) is 0 Å². The Hall–Kier alpha value is -1.08. The molecule has 2 aromatic carbocycles. The van der Waals surface area contributed by atoms with Crippen LogP contribution in [0.25, 0.3) is 11.3 Å². The van der Waals surface area contributed by atoms with Gasteiger partial charge in [0.1, 0.15) is 0 Å². The maximum atomic E-state index is 6.29. The van der Waals surface area contributed by atoms with Crippen LogP contribution in [0.15, 0.2) is 58.3 Å². The van der Waals surface area contributed by atoms with Gasteiger partial charge in [-0.2, -0.15) is 0 Å². The Labute approximate surface area is 163 Å². The Balaban J connectivity index is 1.64. The molecule has 7 heteroatoms. The van der Waals surface area contributed by atoms with Crippen molar-refractivity contribution in [3.05, 3.63) is 69.5 Å². The molecular formula is C18H13Cl2NO2S2. The van der Waals surface area contributed by atoms with E-state index in [1.54, 1.807) is 6.07 Å². The fraction of sp³-hybridized carbons (Fsp3) is 0.167. The average molecular weight is 410 g/mol. The van der Waals surface area contributed by atoms with Crippen molar-refractivity contribution >= 4 is 46.3 Å². The summed E-state index contributed by atoms with van der Waals surface area (Å²) in [5.74, 6) is 0. The number of aromatic nitrogens is 1. The van der Waals surface area contributed by atoms with Crippen LogP contribution in [0.3, 0.4) is 0 Å². The van der Waals surface area contributed by atoms with Crippen molar-refractivity contribution in [1.29, 1.82) is 0 Å². The molecule has 0 spiro atoms. The van der Waals surface area contributed by atoms with Gasteiger partial charge in [-0.05, 0) is 30.0 Å². The molecule has 3 aromatic rings. The van der Waals surface area contributed by atoms with Gasteiger partial charge in [0.15, 0.2) is 4.34 Å². The van der Waals surface area contributed by atoms with E-state index in [1.807, 2.05) is 47.8 Å². The van der Waals surface area contributed by atoms with Gasteiger partial charge < -0.3 is 9.47 Å². The predicted octanol–water partition coefficient (Wildman–Crippen LogP) is 6.07. The molecule has 1 fully saturated rings. The molecule has 1 saturated heterocycles. The number of thiazole rings is 1. The number of rotatable bonds is 4. The number of ether oxygens (including phenoxy) is 2. The van der Waals surface area contributed by atoms with Crippen molar-refractivity contribution in [3.8, 4) is 11.3 Å². The van der Waals surface area contributed by atoms with E-state index < -0.39 is 5.12 Å². The number of hydrogen-bond donors (Lipinski definition) is 0. The summed E-state index contributed by atoms with van der Waals surface area (Å²) < 4.78 is 12.8. The zero-order chi connectivity index (χ0) is 17.3. The summed E-state index contributed by atoms with van der Waals surface area (Å²) in [6, 6.07) is 15.3. The molecule has 0 amide bonds. The van der Waals surface area contributed by atoms with Crippen LogP contribution >= 0.6 is 46.3 Å². The van der Waals surface area contributed by atoms with Crippen LogP contribution in [-0.2, 0) is 14.6 Å². The van der Waals surface area contributed by atoms with Gasteiger partial charge in [-0.25, -0.2) is 4.98 Å². The quantitative estimate of drug-likeness (QED) is 0.523. The van der Waals surface area contributed by atoms with E-state index in [0.717, 1.165) is 21.2 Å². The second-order valence-electron chi connectivity index (χ2n) is 5.34. The van der Waals surface area contributed by atoms with E-state index in [1.165, 1.54) is 23.1 Å². The summed E-state index contributed by atoms with van der Waals surface area (Å²) >= 11 is 15.3. The van der Waals surface area contributed by atoms with Gasteiger partial charge in [-0.3, -0.25) is 0 Å². The fourth-order valence-electron chi connectivity index (χ4n) is 2.56. The molecule has 128 valence electrons. The Kier molecular flexibility index (Phi) is 5.04.